The van der Waals surface area contributed by atoms with Crippen LogP contribution in [-0.4, -0.2) is 9.97 Å². The van der Waals surface area contributed by atoms with Gasteiger partial charge in [0, 0.05) is 34.4 Å². The minimum absolute atomic E-state index is 0.363. The molecule has 2 heterocycles. The highest BCUT2D eigenvalue weighted by Crippen LogP contribution is 2.16. The first kappa shape index (κ1) is 7.64. The molecule has 2 aromatic rings. The summed E-state index contributed by atoms with van der Waals surface area (Å²) in [5.41, 5.74) is 10.2. The molecule has 0 saturated carbocycles. The maximum absolute atomic E-state index is 8.17. The zero-order valence-corrected chi connectivity index (χ0v) is 6.81. The predicted molar refractivity (Wildman–Crippen MR) is 48.9 cm³/mol. The van der Waals surface area contributed by atoms with Gasteiger partial charge in [-0.15, -0.1) is 0 Å². The Kier molecular flexibility index (Phi) is 1.86. The molecule has 0 bridgehead atoms. The van der Waals surface area contributed by atoms with Crippen molar-refractivity contribution in [2.75, 3.05) is 0 Å². The third-order valence-electron chi connectivity index (χ3n) is 1.87. The highest BCUT2D eigenvalue weighted by Gasteiger charge is 2.00. The van der Waals surface area contributed by atoms with Crippen LogP contribution in [0.25, 0.3) is 21.3 Å². The summed E-state index contributed by atoms with van der Waals surface area (Å²) in [6.45, 7) is 0.363. The molecular weight excluding hydrogens is 166 g/mol. The summed E-state index contributed by atoms with van der Waals surface area (Å²) in [7, 11) is 0. The SMILES string of the molecule is [N-]=[N+]=NCc1c[nH]c2ccncc12. The van der Waals surface area contributed by atoms with Crippen LogP contribution in [0.5, 0.6) is 0 Å². The summed E-state index contributed by atoms with van der Waals surface area (Å²) in [5, 5.41) is 4.51. The van der Waals surface area contributed by atoms with E-state index in [-0.39, 0.29) is 0 Å². The molecule has 0 saturated heterocycles. The van der Waals surface area contributed by atoms with E-state index < -0.39 is 0 Å². The van der Waals surface area contributed by atoms with E-state index in [1.165, 1.54) is 0 Å². The van der Waals surface area contributed by atoms with E-state index in [0.29, 0.717) is 6.54 Å². The largest absolute Gasteiger partial charge is 0.361 e. The Balaban J connectivity index is 2.51. The van der Waals surface area contributed by atoms with Crippen LogP contribution < -0.4 is 0 Å². The van der Waals surface area contributed by atoms with Crippen LogP contribution in [-0.2, 0) is 6.54 Å². The Morgan fingerprint density at radius 3 is 3.38 bits per heavy atom. The van der Waals surface area contributed by atoms with Crippen molar-refractivity contribution in [2.45, 2.75) is 6.54 Å². The van der Waals surface area contributed by atoms with E-state index in [4.69, 9.17) is 5.53 Å². The quantitative estimate of drug-likeness (QED) is 0.422. The van der Waals surface area contributed by atoms with Crippen LogP contribution in [0.4, 0.5) is 0 Å². The molecule has 0 aliphatic rings. The van der Waals surface area contributed by atoms with Gasteiger partial charge in [0.25, 0.3) is 0 Å². The highest BCUT2D eigenvalue weighted by atomic mass is 15.1. The molecule has 1 N–H and O–H groups in total. The summed E-state index contributed by atoms with van der Waals surface area (Å²) in [6.07, 6.45) is 5.31. The van der Waals surface area contributed by atoms with Crippen LogP contribution in [0.1, 0.15) is 5.56 Å². The average molecular weight is 173 g/mol. The van der Waals surface area contributed by atoms with Crippen LogP contribution >= 0.6 is 0 Å². The molecule has 0 amide bonds. The number of fused-ring (bicyclic) bond motifs is 1. The van der Waals surface area contributed by atoms with E-state index in [9.17, 15) is 0 Å². The lowest BCUT2D eigenvalue weighted by atomic mass is 10.2. The number of aromatic nitrogens is 2. The molecule has 5 nitrogen and oxygen atoms in total. The Labute approximate surface area is 74.0 Å². The molecule has 0 aromatic carbocycles. The second kappa shape index (κ2) is 3.16. The predicted octanol–water partition coefficient (Wildman–Crippen LogP) is 2.37. The van der Waals surface area contributed by atoms with Crippen molar-refractivity contribution in [1.29, 1.82) is 0 Å². The zero-order valence-electron chi connectivity index (χ0n) is 6.81. The van der Waals surface area contributed by atoms with Gasteiger partial charge in [-0.05, 0) is 17.2 Å². The average Bonchev–Trinajstić information content (AvgIpc) is 2.58. The van der Waals surface area contributed by atoms with Crippen molar-refractivity contribution < 1.29 is 0 Å². The molecule has 0 aliphatic carbocycles. The first-order valence-corrected chi connectivity index (χ1v) is 3.82. The van der Waals surface area contributed by atoms with Crippen LogP contribution in [0.15, 0.2) is 29.8 Å². The summed E-state index contributed by atoms with van der Waals surface area (Å²) >= 11 is 0. The second-order valence-electron chi connectivity index (χ2n) is 2.62. The minimum atomic E-state index is 0.363. The Morgan fingerprint density at radius 2 is 2.54 bits per heavy atom. The number of rotatable bonds is 2. The monoisotopic (exact) mass is 173 g/mol. The summed E-state index contributed by atoms with van der Waals surface area (Å²) in [6, 6.07) is 1.88. The molecule has 2 aromatic heterocycles. The van der Waals surface area contributed by atoms with Gasteiger partial charge in [0.05, 0.1) is 6.54 Å². The van der Waals surface area contributed by atoms with Crippen molar-refractivity contribution >= 4 is 10.9 Å². The van der Waals surface area contributed by atoms with Crippen LogP contribution in [0.3, 0.4) is 0 Å². The van der Waals surface area contributed by atoms with E-state index in [1.54, 1.807) is 12.4 Å². The zero-order chi connectivity index (χ0) is 9.10. The van der Waals surface area contributed by atoms with Crippen molar-refractivity contribution in [1.82, 2.24) is 9.97 Å². The fraction of sp³-hybridized carbons (Fsp3) is 0.125. The molecule has 0 unspecified atom stereocenters. The molecular formula is C8H7N5. The molecule has 0 atom stereocenters. The van der Waals surface area contributed by atoms with E-state index in [0.717, 1.165) is 16.5 Å². The first-order chi connectivity index (χ1) is 6.42. The smallest absolute Gasteiger partial charge is 0.0532 e. The Morgan fingerprint density at radius 1 is 1.62 bits per heavy atom. The normalized spacial score (nSPS) is 9.85. The Bertz CT molecular complexity index is 466. The molecule has 13 heavy (non-hydrogen) atoms. The highest BCUT2D eigenvalue weighted by molar-refractivity contribution is 5.81. The molecule has 0 radical (unpaired) electrons. The van der Waals surface area contributed by atoms with Crippen molar-refractivity contribution in [3.63, 3.8) is 0 Å². The molecule has 5 heteroatoms. The fourth-order valence-corrected chi connectivity index (χ4v) is 1.26. The van der Waals surface area contributed by atoms with Gasteiger partial charge in [-0.2, -0.15) is 0 Å². The van der Waals surface area contributed by atoms with E-state index in [2.05, 4.69) is 20.0 Å². The molecule has 64 valence electrons. The van der Waals surface area contributed by atoms with Crippen LogP contribution in [0.2, 0.25) is 0 Å². The minimum Gasteiger partial charge on any atom is -0.361 e. The third-order valence-corrected chi connectivity index (χ3v) is 1.87. The summed E-state index contributed by atoms with van der Waals surface area (Å²) < 4.78 is 0. The first-order valence-electron chi connectivity index (χ1n) is 3.82. The van der Waals surface area contributed by atoms with Gasteiger partial charge in [0.15, 0.2) is 0 Å². The van der Waals surface area contributed by atoms with Gasteiger partial charge in [0.1, 0.15) is 0 Å². The van der Waals surface area contributed by atoms with Gasteiger partial charge in [-0.3, -0.25) is 4.98 Å². The summed E-state index contributed by atoms with van der Waals surface area (Å²) in [4.78, 5) is 9.78. The number of hydrogen-bond donors (Lipinski definition) is 1. The maximum Gasteiger partial charge on any atom is 0.0532 e. The number of nitrogens with zero attached hydrogens (tertiary/aromatic N) is 4. The lowest BCUT2D eigenvalue weighted by Gasteiger charge is -1.90. The molecule has 0 fully saturated rings. The number of nitrogens with one attached hydrogen (secondary N) is 1. The maximum atomic E-state index is 8.17. The number of hydrogen-bond acceptors (Lipinski definition) is 2. The standard InChI is InChI=1S/C8H7N5/c9-13-12-4-6-3-11-8-1-2-10-5-7(6)8/h1-3,5,11H,4H2. The van der Waals surface area contributed by atoms with E-state index >= 15 is 0 Å². The molecule has 0 spiro atoms. The summed E-state index contributed by atoms with van der Waals surface area (Å²) in [5.74, 6) is 0. The van der Waals surface area contributed by atoms with Crippen LogP contribution in [0, 0.1) is 0 Å². The lowest BCUT2D eigenvalue weighted by Crippen LogP contribution is -1.76. The van der Waals surface area contributed by atoms with Gasteiger partial charge in [-0.25, -0.2) is 0 Å². The molecule has 0 aliphatic heterocycles. The van der Waals surface area contributed by atoms with E-state index in [1.807, 2.05) is 12.3 Å². The van der Waals surface area contributed by atoms with Crippen molar-refractivity contribution in [3.8, 4) is 0 Å². The fourth-order valence-electron chi connectivity index (χ4n) is 1.26. The van der Waals surface area contributed by atoms with Gasteiger partial charge < -0.3 is 4.98 Å². The second-order valence-corrected chi connectivity index (χ2v) is 2.62. The lowest BCUT2D eigenvalue weighted by molar-refractivity contribution is 1.06. The number of azide groups is 1. The van der Waals surface area contributed by atoms with Gasteiger partial charge >= 0.3 is 0 Å². The van der Waals surface area contributed by atoms with Crippen molar-refractivity contribution in [2.24, 2.45) is 5.11 Å². The third kappa shape index (κ3) is 1.32. The number of aromatic amines is 1. The van der Waals surface area contributed by atoms with Gasteiger partial charge in [-0.1, -0.05) is 5.11 Å². The van der Waals surface area contributed by atoms with Gasteiger partial charge in [0.2, 0.25) is 0 Å². The topological polar surface area (TPSA) is 77.4 Å². The Hall–Kier alpha value is -2.00. The number of pyridine rings is 1. The van der Waals surface area contributed by atoms with Crippen molar-refractivity contribution in [3.05, 3.63) is 40.7 Å². The number of H-pyrrole nitrogens is 1. The molecule has 2 rings (SSSR count).